The number of nitrogens with zero attached hydrogens (tertiary/aromatic N) is 2. The van der Waals surface area contributed by atoms with Crippen LogP contribution < -0.4 is 42.6 Å². The van der Waals surface area contributed by atoms with Crippen molar-refractivity contribution in [2.45, 2.75) is 68.5 Å². The average molecular weight is 917 g/mol. The fraction of sp³-hybridized carbons (Fsp3) is 0.386. The number of imide groups is 1. The van der Waals surface area contributed by atoms with E-state index in [0.717, 1.165) is 28.7 Å². The van der Waals surface area contributed by atoms with Crippen LogP contribution in [0, 0.1) is 5.92 Å². The van der Waals surface area contributed by atoms with Crippen molar-refractivity contribution in [1.29, 1.82) is 0 Å². The van der Waals surface area contributed by atoms with Crippen LogP contribution >= 0.6 is 0 Å². The number of carbonyl (C=O) groups excluding carboxylic acids is 4. The number of dihydropyridines is 2. The molecule has 4 aliphatic heterocycles. The number of aromatic hydroxyl groups is 1. The Bertz CT molecular complexity index is 2520. The zero-order valence-corrected chi connectivity index (χ0v) is 35.9. The number of aliphatic hydroxyl groups is 6. The molecule has 352 valence electrons. The summed E-state index contributed by atoms with van der Waals surface area (Å²) in [6, 6.07) is 2.53. The van der Waals surface area contributed by atoms with Gasteiger partial charge in [-0.2, -0.15) is 0 Å². The molecule has 66 heavy (non-hydrogen) atoms. The molecule has 2 aromatic rings. The van der Waals surface area contributed by atoms with Crippen LogP contribution in [0.4, 0.5) is 0 Å². The van der Waals surface area contributed by atoms with E-state index >= 15 is 0 Å². The summed E-state index contributed by atoms with van der Waals surface area (Å²) >= 11 is 0. The molecule has 1 unspecified atom stereocenters. The third kappa shape index (κ3) is 8.51. The van der Waals surface area contributed by atoms with Crippen molar-refractivity contribution < 1.29 is 69.1 Å². The quantitative estimate of drug-likeness (QED) is 0.0413. The molecular formula is C44H52N8O14. The second kappa shape index (κ2) is 18.7. The van der Waals surface area contributed by atoms with Gasteiger partial charge in [-0.25, -0.2) is 0 Å². The summed E-state index contributed by atoms with van der Waals surface area (Å²) < 4.78 is 17.2. The number of amides is 2. The first kappa shape index (κ1) is 47.3. The highest BCUT2D eigenvalue weighted by Crippen LogP contribution is 2.47. The second-order valence-electron chi connectivity index (χ2n) is 16.3. The van der Waals surface area contributed by atoms with E-state index in [1.54, 1.807) is 18.4 Å². The highest BCUT2D eigenvalue weighted by molar-refractivity contribution is 6.31. The molecule has 7 atom stereocenters. The number of hydrogen-bond donors (Lipinski definition) is 13. The van der Waals surface area contributed by atoms with Crippen LogP contribution in [0.2, 0.25) is 0 Å². The van der Waals surface area contributed by atoms with E-state index in [1.165, 1.54) is 26.3 Å². The fourth-order valence-corrected chi connectivity index (χ4v) is 8.72. The van der Waals surface area contributed by atoms with Crippen molar-refractivity contribution in [3.8, 4) is 17.2 Å². The number of guanidine groups is 1. The summed E-state index contributed by atoms with van der Waals surface area (Å²) in [5.41, 5.74) is 14.9. The lowest BCUT2D eigenvalue weighted by atomic mass is 9.73. The number of nitrogens with two attached hydrogens (primary N) is 3. The Morgan fingerprint density at radius 1 is 1.03 bits per heavy atom. The molecule has 1 aliphatic carbocycles. The number of phenols is 1. The van der Waals surface area contributed by atoms with E-state index in [1.807, 2.05) is 6.08 Å². The smallest absolute Gasteiger partial charge is 0.253 e. The molecule has 22 heteroatoms. The zero-order chi connectivity index (χ0) is 47.8. The van der Waals surface area contributed by atoms with Crippen molar-refractivity contribution in [2.24, 2.45) is 28.1 Å². The molecule has 0 radical (unpaired) electrons. The van der Waals surface area contributed by atoms with Crippen LogP contribution in [0.3, 0.4) is 0 Å². The van der Waals surface area contributed by atoms with E-state index in [-0.39, 0.29) is 59.9 Å². The third-order valence-electron chi connectivity index (χ3n) is 12.3. The Hall–Kier alpha value is -6.63. The lowest BCUT2D eigenvalue weighted by Crippen LogP contribution is -2.75. The molecular weight excluding hydrogens is 865 g/mol. The predicted molar refractivity (Wildman–Crippen MR) is 232 cm³/mol. The van der Waals surface area contributed by atoms with Gasteiger partial charge >= 0.3 is 0 Å². The van der Waals surface area contributed by atoms with E-state index < -0.39 is 114 Å². The number of phenolic OH excluding ortho intramolecular Hbond substituents is 1. The van der Waals surface area contributed by atoms with E-state index in [2.05, 4.69) is 20.9 Å². The molecule has 0 spiro atoms. The first-order valence-electron chi connectivity index (χ1n) is 20.8. The standard InChI is InChI=1S/C44H52N8O14/c1-48-42(47)51-16-25-22(5-3-20-4-6-29(45)50-15-20)11-24-34(37(25)58)38(59)35-28(13-27(64-2)26(18-53)33(35)36(24)57)65-41-39(60)40(61)43(62,44(63,19-54)66-41)14-23(21-9-10-49-30(46)12-21)17-52-31(55)7-8-32(52)56/h4,6-9,11-13,15,23,29,39-41,49-50,53-54,58,60-63H,3,5,10,14,16-19,45-46H2,1-2H3,(H3,47,48,51)/t23-,29?,39-,40-,41-,43+,44-/m1/s1. The number of hydrogen-bond acceptors (Lipinski definition) is 19. The van der Waals surface area contributed by atoms with Gasteiger partial charge < -0.3 is 83.1 Å². The van der Waals surface area contributed by atoms with Crippen molar-refractivity contribution in [3.05, 3.63) is 111 Å². The van der Waals surface area contributed by atoms with Crippen molar-refractivity contribution in [2.75, 3.05) is 33.9 Å². The van der Waals surface area contributed by atoms with Gasteiger partial charge in [-0.15, -0.1) is 0 Å². The molecule has 2 aromatic carbocycles. The zero-order valence-electron chi connectivity index (χ0n) is 35.9. The summed E-state index contributed by atoms with van der Waals surface area (Å²) in [6.45, 7) is -2.62. The third-order valence-corrected chi connectivity index (χ3v) is 12.3. The summed E-state index contributed by atoms with van der Waals surface area (Å²) in [7, 11) is 2.64. The maximum atomic E-state index is 14.8. The summed E-state index contributed by atoms with van der Waals surface area (Å²) in [6.07, 6.45) is 3.05. The monoisotopic (exact) mass is 916 g/mol. The highest BCUT2D eigenvalue weighted by Gasteiger charge is 2.65. The number of aliphatic imine (C=N–C) groups is 1. The topological polar surface area (TPSA) is 367 Å². The van der Waals surface area contributed by atoms with Crippen molar-refractivity contribution in [3.63, 3.8) is 0 Å². The number of ether oxygens (including phenoxy) is 3. The van der Waals surface area contributed by atoms with Gasteiger partial charge in [0.1, 0.15) is 41.7 Å². The van der Waals surface area contributed by atoms with Gasteiger partial charge in [0.15, 0.2) is 11.7 Å². The number of benzene rings is 2. The molecule has 0 aromatic heterocycles. The molecule has 16 N–H and O–H groups in total. The number of carbonyl (C=O) groups is 4. The molecule has 4 heterocycles. The number of nitrogens with one attached hydrogen (secondary N) is 3. The van der Waals surface area contributed by atoms with Gasteiger partial charge in [0, 0.05) is 79.3 Å². The molecule has 7 rings (SSSR count). The Morgan fingerprint density at radius 2 is 1.76 bits per heavy atom. The second-order valence-corrected chi connectivity index (χ2v) is 16.3. The molecule has 0 saturated carbocycles. The normalized spacial score (nSPS) is 26.5. The Kier molecular flexibility index (Phi) is 13.4. The molecule has 1 fully saturated rings. The average Bonchev–Trinajstić information content (AvgIpc) is 3.62. The minimum Gasteiger partial charge on any atom is -0.507 e. The Balaban J connectivity index is 1.26. The number of methoxy groups -OCH3 is 1. The molecule has 1 saturated heterocycles. The molecule has 2 amide bonds. The van der Waals surface area contributed by atoms with Crippen LogP contribution in [0.15, 0.2) is 76.7 Å². The number of fused-ring (bicyclic) bond motifs is 2. The Morgan fingerprint density at radius 3 is 2.38 bits per heavy atom. The summed E-state index contributed by atoms with van der Waals surface area (Å²) in [4.78, 5) is 59.5. The highest BCUT2D eigenvalue weighted by atomic mass is 16.8. The van der Waals surface area contributed by atoms with Crippen molar-refractivity contribution >= 4 is 29.3 Å². The lowest BCUT2D eigenvalue weighted by molar-refractivity contribution is -0.420. The number of ketones is 2. The van der Waals surface area contributed by atoms with E-state index in [4.69, 9.17) is 31.4 Å². The largest absolute Gasteiger partial charge is 0.507 e. The molecule has 5 aliphatic rings. The lowest BCUT2D eigenvalue weighted by Gasteiger charge is -2.53. The number of allylic oxidation sites excluding steroid dienone is 3. The van der Waals surface area contributed by atoms with Crippen LogP contribution in [-0.2, 0) is 33.9 Å². The number of aliphatic hydroxyl groups excluding tert-OH is 4. The molecule has 0 bridgehead atoms. The maximum Gasteiger partial charge on any atom is 0.253 e. The van der Waals surface area contributed by atoms with Crippen LogP contribution in [0.1, 0.15) is 61.4 Å². The number of rotatable bonds is 15. The van der Waals surface area contributed by atoms with Crippen LogP contribution in [-0.4, -0.2) is 140 Å². The van der Waals surface area contributed by atoms with Gasteiger partial charge in [0.25, 0.3) is 11.8 Å². The number of aryl methyl sites for hydroxylation is 1. The van der Waals surface area contributed by atoms with Gasteiger partial charge in [-0.3, -0.25) is 29.1 Å². The van der Waals surface area contributed by atoms with Gasteiger partial charge in [0.05, 0.1) is 36.8 Å². The maximum absolute atomic E-state index is 14.8. The van der Waals surface area contributed by atoms with Crippen LogP contribution in [0.25, 0.3) is 0 Å². The van der Waals surface area contributed by atoms with Gasteiger partial charge in [0.2, 0.25) is 17.9 Å². The van der Waals surface area contributed by atoms with Crippen LogP contribution in [0.5, 0.6) is 17.2 Å². The molecule has 22 nitrogen and oxygen atoms in total. The van der Waals surface area contributed by atoms with Crippen molar-refractivity contribution in [1.82, 2.24) is 20.9 Å². The summed E-state index contributed by atoms with van der Waals surface area (Å²) in [5, 5.41) is 89.5. The fourth-order valence-electron chi connectivity index (χ4n) is 8.72. The Labute approximate surface area is 377 Å². The SMILES string of the molecule is CN=C(N)NCc1c(CCC2=CNC(N)C=C2)cc2c(c1O)C(=O)c1c(O[C@@H]3O[C@](O)(CO)[C@](O)(C[C@H](CN4C(=O)C=CC4=O)C4=CCNC(N)=C4)[C@H](O)[C@H]3O)cc(OC)c(CO)c1C2=O. The van der Waals surface area contributed by atoms with E-state index in [9.17, 15) is 54.9 Å². The minimum absolute atomic E-state index is 0.00906. The van der Waals surface area contributed by atoms with E-state index in [0.29, 0.717) is 17.6 Å². The van der Waals surface area contributed by atoms with Gasteiger partial charge in [-0.05, 0) is 54.2 Å². The minimum atomic E-state index is -3.18. The first-order valence-corrected chi connectivity index (χ1v) is 20.8. The predicted octanol–water partition coefficient (Wildman–Crippen LogP) is -2.91. The first-order chi connectivity index (χ1) is 31.4. The van der Waals surface area contributed by atoms with Gasteiger partial charge in [-0.1, -0.05) is 12.2 Å². The summed E-state index contributed by atoms with van der Waals surface area (Å²) in [5.74, 6) is -8.59.